The van der Waals surface area contributed by atoms with Gasteiger partial charge in [0.25, 0.3) is 0 Å². The number of hydrogen-bond donors (Lipinski definition) is 1. The molecule has 0 aliphatic heterocycles. The number of nitrogens with two attached hydrogens (primary N) is 1. The van der Waals surface area contributed by atoms with Gasteiger partial charge in [-0.15, -0.1) is 0 Å². The molecule has 104 valence electrons. The summed E-state index contributed by atoms with van der Waals surface area (Å²) >= 11 is 0. The molecule has 4 aliphatic rings. The highest BCUT2D eigenvalue weighted by Gasteiger charge is 2.49. The van der Waals surface area contributed by atoms with E-state index in [0.717, 1.165) is 23.7 Å². The van der Waals surface area contributed by atoms with E-state index in [1.807, 2.05) is 0 Å². The maximum atomic E-state index is 11.3. The molecule has 0 amide bonds. The highest BCUT2D eigenvalue weighted by Crippen LogP contribution is 2.57. The molecule has 1 atom stereocenters. The molecule has 0 aromatic carbocycles. The van der Waals surface area contributed by atoms with Crippen LogP contribution in [0.4, 0.5) is 0 Å². The molecule has 18 heavy (non-hydrogen) atoms. The van der Waals surface area contributed by atoms with Gasteiger partial charge in [-0.05, 0) is 68.1 Å². The number of rotatable bonds is 4. The Labute approximate surface area is 110 Å². The summed E-state index contributed by atoms with van der Waals surface area (Å²) in [7, 11) is -2.86. The Hall–Kier alpha value is -0.0900. The Bertz CT molecular complexity index is 390. The highest BCUT2D eigenvalue weighted by molar-refractivity contribution is 7.90. The molecule has 0 radical (unpaired) electrons. The molecule has 4 bridgehead atoms. The molecule has 0 spiro atoms. The van der Waals surface area contributed by atoms with Crippen LogP contribution < -0.4 is 5.73 Å². The summed E-state index contributed by atoms with van der Waals surface area (Å²) in [5.74, 6) is 4.40. The van der Waals surface area contributed by atoms with Gasteiger partial charge in [0.05, 0.1) is 5.75 Å². The molecule has 0 aromatic rings. The third-order valence-electron chi connectivity index (χ3n) is 5.62. The van der Waals surface area contributed by atoms with Gasteiger partial charge in [0.15, 0.2) is 0 Å². The maximum absolute atomic E-state index is 11.3. The fourth-order valence-corrected chi connectivity index (χ4v) is 5.91. The van der Waals surface area contributed by atoms with Crippen LogP contribution in [0.25, 0.3) is 0 Å². The second kappa shape index (κ2) is 4.48. The predicted octanol–water partition coefficient (Wildman–Crippen LogP) is 1.82. The van der Waals surface area contributed by atoms with E-state index in [-0.39, 0.29) is 11.8 Å². The minimum atomic E-state index is -2.86. The first-order chi connectivity index (χ1) is 8.42. The minimum Gasteiger partial charge on any atom is -0.327 e. The van der Waals surface area contributed by atoms with E-state index < -0.39 is 9.84 Å². The lowest BCUT2D eigenvalue weighted by Gasteiger charge is -2.56. The molecule has 2 N–H and O–H groups in total. The van der Waals surface area contributed by atoms with Gasteiger partial charge in [0.1, 0.15) is 9.84 Å². The first-order valence-corrected chi connectivity index (χ1v) is 9.41. The van der Waals surface area contributed by atoms with Crippen molar-refractivity contribution in [2.24, 2.45) is 35.3 Å². The Morgan fingerprint density at radius 3 is 2.00 bits per heavy atom. The SMILES string of the molecule is CS(=O)(=O)CCC(N)C1C2CC3CC(C2)CC1C3. The average molecular weight is 271 g/mol. The van der Waals surface area contributed by atoms with Gasteiger partial charge < -0.3 is 5.73 Å². The minimum absolute atomic E-state index is 0.106. The van der Waals surface area contributed by atoms with Crippen LogP contribution in [0.5, 0.6) is 0 Å². The van der Waals surface area contributed by atoms with Gasteiger partial charge in [0, 0.05) is 12.3 Å². The van der Waals surface area contributed by atoms with E-state index in [0.29, 0.717) is 12.3 Å². The number of sulfone groups is 1. The molecule has 4 saturated carbocycles. The van der Waals surface area contributed by atoms with Gasteiger partial charge >= 0.3 is 0 Å². The van der Waals surface area contributed by atoms with Crippen molar-refractivity contribution in [3.05, 3.63) is 0 Å². The smallest absolute Gasteiger partial charge is 0.147 e. The highest BCUT2D eigenvalue weighted by atomic mass is 32.2. The van der Waals surface area contributed by atoms with Crippen LogP contribution in [0.15, 0.2) is 0 Å². The second-order valence-electron chi connectivity index (χ2n) is 7.09. The van der Waals surface area contributed by atoms with Crippen molar-refractivity contribution in [2.75, 3.05) is 12.0 Å². The summed E-state index contributed by atoms with van der Waals surface area (Å²) in [6, 6.07) is 0.106. The standard InChI is InChI=1S/C14H25NO2S/c1-18(16,17)3-2-13(15)14-11-5-9-4-10(7-11)8-12(14)6-9/h9-14H,2-8,15H2,1H3. The van der Waals surface area contributed by atoms with Crippen molar-refractivity contribution in [3.63, 3.8) is 0 Å². The molecule has 4 rings (SSSR count). The van der Waals surface area contributed by atoms with E-state index in [4.69, 9.17) is 5.73 Å². The molecule has 4 fully saturated rings. The fourth-order valence-electron chi connectivity index (χ4n) is 5.21. The Kier molecular flexibility index (Phi) is 3.22. The van der Waals surface area contributed by atoms with E-state index in [1.165, 1.54) is 38.4 Å². The zero-order valence-electron chi connectivity index (χ0n) is 11.2. The largest absolute Gasteiger partial charge is 0.327 e. The fraction of sp³-hybridized carbons (Fsp3) is 1.00. The first kappa shape index (κ1) is 12.9. The zero-order valence-corrected chi connectivity index (χ0v) is 12.0. The topological polar surface area (TPSA) is 60.2 Å². The summed E-state index contributed by atoms with van der Waals surface area (Å²) in [5.41, 5.74) is 6.34. The summed E-state index contributed by atoms with van der Waals surface area (Å²) in [6.45, 7) is 0. The molecule has 1 unspecified atom stereocenters. The molecule has 0 aromatic heterocycles. The Morgan fingerprint density at radius 1 is 1.06 bits per heavy atom. The Balaban J connectivity index is 1.65. The quantitative estimate of drug-likeness (QED) is 0.848. The van der Waals surface area contributed by atoms with Gasteiger partial charge in [-0.2, -0.15) is 0 Å². The number of hydrogen-bond acceptors (Lipinski definition) is 3. The molecule has 4 heteroatoms. The molecule has 0 saturated heterocycles. The zero-order chi connectivity index (χ0) is 12.9. The van der Waals surface area contributed by atoms with Crippen LogP contribution in [-0.4, -0.2) is 26.5 Å². The Morgan fingerprint density at radius 2 is 1.56 bits per heavy atom. The van der Waals surface area contributed by atoms with Crippen LogP contribution in [0.1, 0.15) is 38.5 Å². The van der Waals surface area contributed by atoms with Crippen molar-refractivity contribution in [1.82, 2.24) is 0 Å². The van der Waals surface area contributed by atoms with Crippen molar-refractivity contribution in [3.8, 4) is 0 Å². The summed E-state index contributed by atoms with van der Waals surface area (Å²) in [4.78, 5) is 0. The second-order valence-corrected chi connectivity index (χ2v) is 9.35. The molecule has 4 aliphatic carbocycles. The van der Waals surface area contributed by atoms with Gasteiger partial charge in [0.2, 0.25) is 0 Å². The van der Waals surface area contributed by atoms with E-state index in [1.54, 1.807) is 0 Å². The monoisotopic (exact) mass is 271 g/mol. The maximum Gasteiger partial charge on any atom is 0.147 e. The third kappa shape index (κ3) is 2.46. The van der Waals surface area contributed by atoms with Crippen LogP contribution in [0, 0.1) is 29.6 Å². The van der Waals surface area contributed by atoms with Crippen LogP contribution >= 0.6 is 0 Å². The molecular weight excluding hydrogens is 246 g/mol. The van der Waals surface area contributed by atoms with E-state index in [9.17, 15) is 8.42 Å². The lowest BCUT2D eigenvalue weighted by Crippen LogP contribution is -2.52. The first-order valence-electron chi connectivity index (χ1n) is 7.35. The third-order valence-corrected chi connectivity index (χ3v) is 6.59. The van der Waals surface area contributed by atoms with Crippen LogP contribution in [-0.2, 0) is 9.84 Å². The predicted molar refractivity (Wildman–Crippen MR) is 72.8 cm³/mol. The van der Waals surface area contributed by atoms with Crippen LogP contribution in [0.3, 0.4) is 0 Å². The van der Waals surface area contributed by atoms with Crippen LogP contribution in [0.2, 0.25) is 0 Å². The van der Waals surface area contributed by atoms with Crippen molar-refractivity contribution in [1.29, 1.82) is 0 Å². The lowest BCUT2D eigenvalue weighted by atomic mass is 9.50. The summed E-state index contributed by atoms with van der Waals surface area (Å²) in [5, 5.41) is 0. The summed E-state index contributed by atoms with van der Waals surface area (Å²) < 4.78 is 22.5. The molecular formula is C14H25NO2S. The van der Waals surface area contributed by atoms with Crippen molar-refractivity contribution >= 4 is 9.84 Å². The lowest BCUT2D eigenvalue weighted by molar-refractivity contribution is -0.0468. The van der Waals surface area contributed by atoms with Gasteiger partial charge in [-0.25, -0.2) is 8.42 Å². The summed E-state index contributed by atoms with van der Waals surface area (Å²) in [6.07, 6.45) is 8.89. The van der Waals surface area contributed by atoms with Gasteiger partial charge in [-0.3, -0.25) is 0 Å². The normalized spacial score (nSPS) is 44.2. The van der Waals surface area contributed by atoms with E-state index >= 15 is 0 Å². The van der Waals surface area contributed by atoms with Crippen molar-refractivity contribution < 1.29 is 8.42 Å². The van der Waals surface area contributed by atoms with Crippen molar-refractivity contribution in [2.45, 2.75) is 44.6 Å². The molecule has 3 nitrogen and oxygen atoms in total. The van der Waals surface area contributed by atoms with E-state index in [2.05, 4.69) is 0 Å². The molecule has 0 heterocycles. The van der Waals surface area contributed by atoms with Gasteiger partial charge in [-0.1, -0.05) is 0 Å². The average Bonchev–Trinajstić information content (AvgIpc) is 2.23.